The highest BCUT2D eigenvalue weighted by atomic mass is 35.5. The van der Waals surface area contributed by atoms with Crippen molar-refractivity contribution in [2.24, 2.45) is 0 Å². The van der Waals surface area contributed by atoms with E-state index < -0.39 is 0 Å². The number of hydrogen-bond donors (Lipinski definition) is 3. The fourth-order valence-corrected chi connectivity index (χ4v) is 4.06. The van der Waals surface area contributed by atoms with E-state index in [-0.39, 0.29) is 24.0 Å². The summed E-state index contributed by atoms with van der Waals surface area (Å²) in [6.45, 7) is 3.92. The van der Waals surface area contributed by atoms with Gasteiger partial charge in [0.1, 0.15) is 5.82 Å². The molecule has 2 atom stereocenters. The van der Waals surface area contributed by atoms with Crippen LogP contribution >= 0.6 is 11.6 Å². The standard InChI is InChI=1S/C25H26ClN5O2/c1-17-22(12-13-31(17)16-18-6-3-2-4-7-18)29-25(33)28-21-9-5-8-19(14-21)24(32)30-23-11-10-20(26)15-27-23/h2-11,14-15,17,22H,12-13,16H2,1H3,(H,27,30,32)(H2,28,29,33). The SMILES string of the molecule is CC1C(NC(=O)Nc2cccc(C(=O)Nc3ccc(Cl)cn3)c2)CCN1Cc1ccccc1. The number of nitrogens with one attached hydrogen (secondary N) is 3. The smallest absolute Gasteiger partial charge is 0.319 e. The molecule has 1 aliphatic heterocycles. The molecule has 1 aliphatic rings. The molecule has 4 rings (SSSR count). The maximum Gasteiger partial charge on any atom is 0.319 e. The first-order chi connectivity index (χ1) is 16.0. The molecule has 0 bridgehead atoms. The summed E-state index contributed by atoms with van der Waals surface area (Å²) in [6.07, 6.45) is 2.35. The molecule has 2 unspecified atom stereocenters. The lowest BCUT2D eigenvalue weighted by molar-refractivity contribution is 0.102. The number of urea groups is 1. The van der Waals surface area contributed by atoms with Gasteiger partial charge in [0.05, 0.1) is 5.02 Å². The minimum Gasteiger partial charge on any atom is -0.334 e. The molecule has 33 heavy (non-hydrogen) atoms. The van der Waals surface area contributed by atoms with Gasteiger partial charge in [-0.3, -0.25) is 9.69 Å². The molecule has 1 aromatic heterocycles. The number of amides is 3. The van der Waals surface area contributed by atoms with Crippen molar-refractivity contribution >= 4 is 35.0 Å². The Kier molecular flexibility index (Phi) is 7.22. The van der Waals surface area contributed by atoms with Gasteiger partial charge in [-0.2, -0.15) is 0 Å². The van der Waals surface area contributed by atoms with Crippen LogP contribution < -0.4 is 16.0 Å². The van der Waals surface area contributed by atoms with Gasteiger partial charge in [0.2, 0.25) is 0 Å². The fraction of sp³-hybridized carbons (Fsp3) is 0.240. The van der Waals surface area contributed by atoms with E-state index in [9.17, 15) is 9.59 Å². The van der Waals surface area contributed by atoms with E-state index in [0.717, 1.165) is 19.5 Å². The summed E-state index contributed by atoms with van der Waals surface area (Å²) < 4.78 is 0. The van der Waals surface area contributed by atoms with E-state index in [4.69, 9.17) is 11.6 Å². The maximum atomic E-state index is 12.6. The molecule has 2 heterocycles. The van der Waals surface area contributed by atoms with E-state index in [0.29, 0.717) is 22.1 Å². The lowest BCUT2D eigenvalue weighted by atomic mass is 10.1. The molecule has 3 amide bonds. The van der Waals surface area contributed by atoms with E-state index in [1.54, 1.807) is 36.4 Å². The number of aromatic nitrogens is 1. The molecule has 3 aromatic rings. The summed E-state index contributed by atoms with van der Waals surface area (Å²) in [5.74, 6) is 0.0747. The van der Waals surface area contributed by atoms with Crippen molar-refractivity contribution in [2.75, 3.05) is 17.2 Å². The Morgan fingerprint density at radius 1 is 1.06 bits per heavy atom. The summed E-state index contributed by atoms with van der Waals surface area (Å²) in [6, 6.07) is 20.4. The average molecular weight is 464 g/mol. The number of carbonyl (C=O) groups is 2. The molecule has 3 N–H and O–H groups in total. The topological polar surface area (TPSA) is 86.4 Å². The van der Waals surface area contributed by atoms with E-state index in [1.807, 2.05) is 18.2 Å². The van der Waals surface area contributed by atoms with Gasteiger partial charge < -0.3 is 16.0 Å². The van der Waals surface area contributed by atoms with Crippen LogP contribution in [-0.2, 0) is 6.54 Å². The predicted molar refractivity (Wildman–Crippen MR) is 131 cm³/mol. The zero-order valence-corrected chi connectivity index (χ0v) is 19.0. The summed E-state index contributed by atoms with van der Waals surface area (Å²) in [5, 5.41) is 9.11. The van der Waals surface area contributed by atoms with Gasteiger partial charge in [0, 0.05) is 42.6 Å². The number of halogens is 1. The molecule has 8 heteroatoms. The Morgan fingerprint density at radius 2 is 1.88 bits per heavy atom. The molecule has 0 aliphatic carbocycles. The van der Waals surface area contributed by atoms with Crippen LogP contribution in [0.4, 0.5) is 16.3 Å². The molecule has 2 aromatic carbocycles. The van der Waals surface area contributed by atoms with Crippen LogP contribution in [0.25, 0.3) is 0 Å². The number of nitrogens with zero attached hydrogens (tertiary/aromatic N) is 2. The first-order valence-electron chi connectivity index (χ1n) is 10.9. The number of rotatable bonds is 6. The van der Waals surface area contributed by atoms with Crippen molar-refractivity contribution < 1.29 is 9.59 Å². The highest BCUT2D eigenvalue weighted by Gasteiger charge is 2.31. The Morgan fingerprint density at radius 3 is 2.64 bits per heavy atom. The van der Waals surface area contributed by atoms with Crippen molar-refractivity contribution in [3.8, 4) is 0 Å². The number of anilines is 2. The summed E-state index contributed by atoms with van der Waals surface area (Å²) in [4.78, 5) is 31.6. The highest BCUT2D eigenvalue weighted by Crippen LogP contribution is 2.21. The first-order valence-corrected chi connectivity index (χ1v) is 11.2. The minimum absolute atomic E-state index is 0.0520. The zero-order chi connectivity index (χ0) is 23.2. The number of carbonyl (C=O) groups excluding carboxylic acids is 2. The van der Waals surface area contributed by atoms with Crippen LogP contribution in [0.3, 0.4) is 0 Å². The molecule has 7 nitrogen and oxygen atoms in total. The Bertz CT molecular complexity index is 1110. The normalized spacial score (nSPS) is 18.0. The van der Waals surface area contributed by atoms with Gasteiger partial charge in [-0.05, 0) is 49.2 Å². The van der Waals surface area contributed by atoms with Crippen LogP contribution in [0.1, 0.15) is 29.3 Å². The van der Waals surface area contributed by atoms with Gasteiger partial charge in [-0.15, -0.1) is 0 Å². The van der Waals surface area contributed by atoms with E-state index in [2.05, 4.69) is 44.9 Å². The summed E-state index contributed by atoms with van der Waals surface area (Å²) in [7, 11) is 0. The quantitative estimate of drug-likeness (QED) is 0.491. The second-order valence-corrected chi connectivity index (χ2v) is 8.52. The third kappa shape index (κ3) is 6.09. The molecule has 0 spiro atoms. The van der Waals surface area contributed by atoms with Gasteiger partial charge in [-0.1, -0.05) is 48.0 Å². The molecular weight excluding hydrogens is 438 g/mol. The van der Waals surface area contributed by atoms with Crippen LogP contribution in [0.15, 0.2) is 72.9 Å². The largest absolute Gasteiger partial charge is 0.334 e. The van der Waals surface area contributed by atoms with Gasteiger partial charge in [0.15, 0.2) is 0 Å². The summed E-state index contributed by atoms with van der Waals surface area (Å²) >= 11 is 5.82. The second-order valence-electron chi connectivity index (χ2n) is 8.09. The third-order valence-electron chi connectivity index (χ3n) is 5.78. The molecule has 1 fully saturated rings. The predicted octanol–water partition coefficient (Wildman–Crippen LogP) is 4.77. The van der Waals surface area contributed by atoms with Crippen LogP contribution in [0.2, 0.25) is 5.02 Å². The van der Waals surface area contributed by atoms with E-state index >= 15 is 0 Å². The van der Waals surface area contributed by atoms with Crippen LogP contribution in [0, 0.1) is 0 Å². The number of likely N-dealkylation sites (tertiary alicyclic amines) is 1. The van der Waals surface area contributed by atoms with Gasteiger partial charge in [-0.25, -0.2) is 9.78 Å². The molecule has 0 saturated carbocycles. The summed E-state index contributed by atoms with van der Waals surface area (Å²) in [5.41, 5.74) is 2.21. The minimum atomic E-state index is -0.324. The average Bonchev–Trinajstić information content (AvgIpc) is 3.15. The van der Waals surface area contributed by atoms with E-state index in [1.165, 1.54) is 11.8 Å². The van der Waals surface area contributed by atoms with Crippen molar-refractivity contribution in [2.45, 2.75) is 32.0 Å². The number of benzene rings is 2. The molecular formula is C25H26ClN5O2. The van der Waals surface area contributed by atoms with Crippen LogP contribution in [-0.4, -0.2) is 40.5 Å². The third-order valence-corrected chi connectivity index (χ3v) is 6.01. The lowest BCUT2D eigenvalue weighted by Crippen LogP contribution is -2.44. The number of pyridine rings is 1. The Labute approximate surface area is 198 Å². The van der Waals surface area contributed by atoms with Crippen molar-refractivity contribution in [3.63, 3.8) is 0 Å². The molecule has 0 radical (unpaired) electrons. The zero-order valence-electron chi connectivity index (χ0n) is 18.3. The van der Waals surface area contributed by atoms with Crippen molar-refractivity contribution in [1.29, 1.82) is 0 Å². The first kappa shape index (κ1) is 22.8. The molecule has 170 valence electrons. The number of hydrogen-bond acceptors (Lipinski definition) is 4. The fourth-order valence-electron chi connectivity index (χ4n) is 3.95. The van der Waals surface area contributed by atoms with Crippen molar-refractivity contribution in [3.05, 3.63) is 89.1 Å². The highest BCUT2D eigenvalue weighted by molar-refractivity contribution is 6.30. The van der Waals surface area contributed by atoms with Crippen LogP contribution in [0.5, 0.6) is 0 Å². The monoisotopic (exact) mass is 463 g/mol. The Balaban J connectivity index is 1.31. The maximum absolute atomic E-state index is 12.6. The Hall–Kier alpha value is -3.42. The van der Waals surface area contributed by atoms with Crippen molar-refractivity contribution in [1.82, 2.24) is 15.2 Å². The second kappa shape index (κ2) is 10.5. The van der Waals surface area contributed by atoms with Gasteiger partial charge >= 0.3 is 6.03 Å². The molecule has 1 saturated heterocycles. The lowest BCUT2D eigenvalue weighted by Gasteiger charge is -2.25. The van der Waals surface area contributed by atoms with Gasteiger partial charge in [0.25, 0.3) is 5.91 Å².